The summed E-state index contributed by atoms with van der Waals surface area (Å²) in [6, 6.07) is 21.2. The number of ether oxygens (including phenoxy) is 2. The molecule has 6 rings (SSSR count). The van der Waals surface area contributed by atoms with Crippen LogP contribution in [0.1, 0.15) is 45.9 Å². The van der Waals surface area contributed by atoms with Crippen LogP contribution in [0.15, 0.2) is 72.8 Å². The minimum Gasteiger partial charge on any atom is -0.461 e. The number of esters is 1. The van der Waals surface area contributed by atoms with Crippen molar-refractivity contribution in [3.8, 4) is 17.1 Å². The molecule has 0 aliphatic carbocycles. The lowest BCUT2D eigenvalue weighted by atomic mass is 10.3. The van der Waals surface area contributed by atoms with Crippen molar-refractivity contribution in [2.45, 2.75) is 40.9 Å². The average molecular weight is 769 g/mol. The Morgan fingerprint density at radius 1 is 0.673 bits per heavy atom. The monoisotopic (exact) mass is 767 g/mol. The molecule has 3 heterocycles. The Bertz CT molecular complexity index is 2160. The fourth-order valence-electron chi connectivity index (χ4n) is 4.97. The second-order valence-corrected chi connectivity index (χ2v) is 12.6. The van der Waals surface area contributed by atoms with E-state index in [-0.39, 0.29) is 12.3 Å². The minimum atomic E-state index is -0.448. The van der Waals surface area contributed by atoms with E-state index in [2.05, 4.69) is 15.3 Å². The smallest absolute Gasteiger partial charge is 0.358 e. The van der Waals surface area contributed by atoms with Gasteiger partial charge in [-0.3, -0.25) is 0 Å². The lowest BCUT2D eigenvalue weighted by molar-refractivity contribution is 0.0519. The maximum Gasteiger partial charge on any atom is 0.358 e. The number of methoxy groups -OCH3 is 1. The average Bonchev–Trinajstić information content (AvgIpc) is 3.78. The first kappa shape index (κ1) is 39.7. The number of carbonyl (C=O) groups excluding carboxylic acids is 1. The molecule has 52 heavy (non-hydrogen) atoms. The van der Waals surface area contributed by atoms with E-state index in [4.69, 9.17) is 66.6 Å². The molecule has 0 radical (unpaired) electrons. The van der Waals surface area contributed by atoms with Gasteiger partial charge in [-0.05, 0) is 100 Å². The lowest BCUT2D eigenvalue weighted by Crippen LogP contribution is -2.07. The summed E-state index contributed by atoms with van der Waals surface area (Å²) in [5, 5.41) is 23.5. The van der Waals surface area contributed by atoms with Gasteiger partial charge in [-0.25, -0.2) is 18.8 Å². The van der Waals surface area contributed by atoms with Crippen molar-refractivity contribution in [2.24, 2.45) is 0 Å². The van der Waals surface area contributed by atoms with E-state index in [9.17, 15) is 4.79 Å². The number of aryl methyl sites for hydroxylation is 3. The highest BCUT2D eigenvalue weighted by Crippen LogP contribution is 2.26. The zero-order valence-corrected chi connectivity index (χ0v) is 31.5. The van der Waals surface area contributed by atoms with Crippen molar-refractivity contribution in [3.05, 3.63) is 122 Å². The number of nitrogens with two attached hydrogens (primary N) is 3. The molecule has 3 aromatic heterocycles. The van der Waals surface area contributed by atoms with Gasteiger partial charge in [-0.1, -0.05) is 34.8 Å². The molecule has 0 saturated heterocycles. The number of carbonyl (C=O) groups is 1. The predicted octanol–water partition coefficient (Wildman–Crippen LogP) is 7.06. The number of nitrogen functional groups attached to an aromatic ring is 3. The third kappa shape index (κ3) is 9.84. The van der Waals surface area contributed by atoms with E-state index in [1.807, 2.05) is 39.0 Å². The molecule has 3 aromatic carbocycles. The fourth-order valence-corrected chi connectivity index (χ4v) is 5.78. The molecule has 16 heteroatoms. The van der Waals surface area contributed by atoms with E-state index in [0.29, 0.717) is 56.7 Å². The van der Waals surface area contributed by atoms with Gasteiger partial charge in [-0.2, -0.15) is 15.3 Å². The van der Waals surface area contributed by atoms with Gasteiger partial charge in [0.15, 0.2) is 5.69 Å². The molecule has 0 aliphatic heterocycles. The highest BCUT2D eigenvalue weighted by molar-refractivity contribution is 6.33. The van der Waals surface area contributed by atoms with E-state index in [1.54, 1.807) is 82.7 Å². The van der Waals surface area contributed by atoms with Crippen LogP contribution in [-0.2, 0) is 22.7 Å². The van der Waals surface area contributed by atoms with Gasteiger partial charge in [0.2, 0.25) is 0 Å². The van der Waals surface area contributed by atoms with Crippen LogP contribution in [0.2, 0.25) is 15.1 Å². The second-order valence-electron chi connectivity index (χ2n) is 11.4. The van der Waals surface area contributed by atoms with Crippen LogP contribution in [0.4, 0.5) is 17.1 Å². The molecule has 0 atom stereocenters. The minimum absolute atomic E-state index is 0.0829. The van der Waals surface area contributed by atoms with Gasteiger partial charge in [0.05, 0.1) is 63.3 Å². The number of aliphatic hydroxyl groups is 1. The molecule has 13 nitrogen and oxygen atoms in total. The van der Waals surface area contributed by atoms with E-state index in [1.165, 1.54) is 0 Å². The van der Waals surface area contributed by atoms with Gasteiger partial charge in [-0.15, -0.1) is 0 Å². The van der Waals surface area contributed by atoms with Crippen molar-refractivity contribution in [1.29, 1.82) is 0 Å². The number of benzene rings is 3. The Kier molecular flexibility index (Phi) is 13.7. The molecule has 0 fully saturated rings. The standard InChI is InChI=1S/C13H14ClN3O2.C12H14ClN3O.C11H12ClN3O/c1-3-19-13(18)11-6-8(2)17(16-11)12-5-4-9(15)7-10(12)14;1-8-5-10(7-17-2)15-16(8)12-4-3-9(14)6-11(12)13;1-7-4-9(6-16)14-15(7)11-3-2-8(13)5-10(11)12/h4-7H,3,15H2,1-2H3;3-6H,7,14H2,1-2H3;2-5,16H,6,13H2,1H3. The third-order valence-corrected chi connectivity index (χ3v) is 8.21. The molecule has 7 N–H and O–H groups in total. The summed E-state index contributed by atoms with van der Waals surface area (Å²) in [6.07, 6.45) is 0. The number of aliphatic hydroxyl groups excluding tert-OH is 1. The topological polar surface area (TPSA) is 187 Å². The molecule has 0 saturated carbocycles. The highest BCUT2D eigenvalue weighted by Gasteiger charge is 2.16. The van der Waals surface area contributed by atoms with Gasteiger partial charge >= 0.3 is 5.97 Å². The summed E-state index contributed by atoms with van der Waals surface area (Å²) in [5.41, 5.74) is 25.5. The number of rotatable bonds is 8. The molecular weight excluding hydrogens is 729 g/mol. The van der Waals surface area contributed by atoms with Crippen LogP contribution in [0.3, 0.4) is 0 Å². The number of nitrogens with zero attached hydrogens (tertiary/aromatic N) is 6. The quantitative estimate of drug-likeness (QED) is 0.0922. The molecular formula is C36H40Cl3N9O4. The zero-order valence-electron chi connectivity index (χ0n) is 29.3. The largest absolute Gasteiger partial charge is 0.461 e. The van der Waals surface area contributed by atoms with Crippen molar-refractivity contribution in [2.75, 3.05) is 30.9 Å². The van der Waals surface area contributed by atoms with Crippen LogP contribution in [0.5, 0.6) is 0 Å². The van der Waals surface area contributed by atoms with Crippen LogP contribution >= 0.6 is 34.8 Å². The summed E-state index contributed by atoms with van der Waals surface area (Å²) < 4.78 is 15.0. The normalized spacial score (nSPS) is 10.6. The van der Waals surface area contributed by atoms with Gasteiger partial charge in [0.1, 0.15) is 0 Å². The van der Waals surface area contributed by atoms with E-state index in [0.717, 1.165) is 34.2 Å². The first-order valence-corrected chi connectivity index (χ1v) is 17.0. The number of halogens is 3. The molecule has 0 amide bonds. The van der Waals surface area contributed by atoms with Gasteiger partial charge < -0.3 is 31.8 Å². The van der Waals surface area contributed by atoms with Gasteiger partial charge in [0, 0.05) is 41.3 Å². The van der Waals surface area contributed by atoms with Crippen LogP contribution in [0, 0.1) is 20.8 Å². The molecule has 0 bridgehead atoms. The van der Waals surface area contributed by atoms with E-state index >= 15 is 0 Å². The zero-order chi connectivity index (χ0) is 38.1. The Morgan fingerprint density at radius 3 is 1.46 bits per heavy atom. The first-order chi connectivity index (χ1) is 24.8. The molecule has 274 valence electrons. The fraction of sp³-hybridized carbons (Fsp3) is 0.222. The maximum atomic E-state index is 11.6. The first-order valence-electron chi connectivity index (χ1n) is 15.9. The highest BCUT2D eigenvalue weighted by atomic mass is 35.5. The lowest BCUT2D eigenvalue weighted by Gasteiger charge is -2.07. The number of hydrogen-bond acceptors (Lipinski definition) is 10. The SMILES string of the molecule is CCOC(=O)c1cc(C)n(-c2ccc(N)cc2Cl)n1.COCc1cc(C)n(-c2ccc(N)cc2Cl)n1.Cc1cc(CO)nn1-c1ccc(N)cc1Cl. The van der Waals surface area contributed by atoms with Crippen molar-refractivity contribution in [3.63, 3.8) is 0 Å². The van der Waals surface area contributed by atoms with Crippen molar-refractivity contribution in [1.82, 2.24) is 29.3 Å². The Balaban J connectivity index is 0.000000175. The summed E-state index contributed by atoms with van der Waals surface area (Å²) >= 11 is 18.4. The summed E-state index contributed by atoms with van der Waals surface area (Å²) in [5.74, 6) is -0.448. The Hall–Kier alpha value is -5.05. The Morgan fingerprint density at radius 2 is 1.08 bits per heavy atom. The molecule has 0 unspecified atom stereocenters. The molecule has 0 spiro atoms. The summed E-state index contributed by atoms with van der Waals surface area (Å²) in [7, 11) is 1.64. The van der Waals surface area contributed by atoms with Crippen LogP contribution < -0.4 is 17.2 Å². The number of hydrogen-bond donors (Lipinski definition) is 4. The molecule has 6 aromatic rings. The van der Waals surface area contributed by atoms with Crippen molar-refractivity contribution >= 4 is 57.8 Å². The van der Waals surface area contributed by atoms with Crippen LogP contribution in [0.25, 0.3) is 17.1 Å². The van der Waals surface area contributed by atoms with E-state index < -0.39 is 5.97 Å². The second kappa shape index (κ2) is 17.9. The predicted molar refractivity (Wildman–Crippen MR) is 206 cm³/mol. The number of anilines is 3. The maximum absolute atomic E-state index is 11.6. The van der Waals surface area contributed by atoms with Crippen LogP contribution in [-0.4, -0.2) is 54.1 Å². The van der Waals surface area contributed by atoms with Crippen molar-refractivity contribution < 1.29 is 19.4 Å². The molecule has 0 aliphatic rings. The summed E-state index contributed by atoms with van der Waals surface area (Å²) in [4.78, 5) is 11.6. The number of aromatic nitrogens is 6. The third-order valence-electron chi connectivity index (χ3n) is 7.30. The Labute approximate surface area is 316 Å². The van der Waals surface area contributed by atoms with Gasteiger partial charge in [0.25, 0.3) is 0 Å². The summed E-state index contributed by atoms with van der Waals surface area (Å²) in [6.45, 7) is 8.17.